The van der Waals surface area contributed by atoms with Crippen molar-refractivity contribution in [3.8, 4) is 22.7 Å². The van der Waals surface area contributed by atoms with Gasteiger partial charge in [0.1, 0.15) is 24.2 Å². The van der Waals surface area contributed by atoms with Crippen LogP contribution in [0.25, 0.3) is 22.7 Å². The Labute approximate surface area is 161 Å². The van der Waals surface area contributed by atoms with E-state index < -0.39 is 0 Å². The molecule has 0 fully saturated rings. The van der Waals surface area contributed by atoms with Gasteiger partial charge < -0.3 is 18.8 Å². The van der Waals surface area contributed by atoms with Crippen LogP contribution in [0.15, 0.2) is 70.7 Å². The van der Waals surface area contributed by atoms with Crippen molar-refractivity contribution >= 4 is 11.3 Å². The van der Waals surface area contributed by atoms with Crippen LogP contribution < -0.4 is 0 Å². The highest BCUT2D eigenvalue weighted by Crippen LogP contribution is 2.34. The lowest BCUT2D eigenvalue weighted by molar-refractivity contribution is 0.0910. The van der Waals surface area contributed by atoms with Gasteiger partial charge in [0, 0.05) is 17.6 Å². The van der Waals surface area contributed by atoms with Crippen molar-refractivity contribution in [1.29, 1.82) is 0 Å². The number of ether oxygens (including phenoxy) is 1. The van der Waals surface area contributed by atoms with Gasteiger partial charge in [0.2, 0.25) is 0 Å². The Kier molecular flexibility index (Phi) is 5.20. The van der Waals surface area contributed by atoms with E-state index in [1.807, 2.05) is 54.2 Å². The molecule has 0 radical (unpaired) electrons. The molecule has 0 aliphatic heterocycles. The summed E-state index contributed by atoms with van der Waals surface area (Å²) in [5.41, 5.74) is 2.73. The third-order valence-corrected chi connectivity index (χ3v) is 5.41. The van der Waals surface area contributed by atoms with E-state index in [1.54, 1.807) is 24.5 Å². The van der Waals surface area contributed by atoms with Gasteiger partial charge in [0.05, 0.1) is 18.6 Å². The Hall–Kier alpha value is -2.67. The number of nitrogens with zero attached hydrogens (tertiary/aromatic N) is 2. The van der Waals surface area contributed by atoms with E-state index in [-0.39, 0.29) is 12.7 Å². The van der Waals surface area contributed by atoms with Crippen molar-refractivity contribution in [3.05, 3.63) is 76.9 Å². The molecule has 3 aromatic heterocycles. The van der Waals surface area contributed by atoms with Crippen LogP contribution in [0.3, 0.4) is 0 Å². The molecule has 0 aliphatic carbocycles. The fraction of sp³-hybridized carbons (Fsp3) is 0.190. The van der Waals surface area contributed by atoms with Gasteiger partial charge in [-0.15, -0.1) is 11.3 Å². The van der Waals surface area contributed by atoms with Crippen LogP contribution in [0.4, 0.5) is 0 Å². The second-order valence-corrected chi connectivity index (χ2v) is 7.10. The standard InChI is InChI=1S/C21H20N2O3S/c1-25-18(19-8-5-11-27-19)12-23-14-22-20(15-6-3-2-4-7-15)21(23)17-10-9-16(13-24)26-17/h2-11,14,18,24H,12-13H2,1H3. The maximum absolute atomic E-state index is 9.38. The lowest BCUT2D eigenvalue weighted by Crippen LogP contribution is -2.10. The SMILES string of the molecule is COC(Cn1cnc(-c2ccccc2)c1-c1ccc(CO)o1)c1cccs1. The van der Waals surface area contributed by atoms with Gasteiger partial charge in [-0.05, 0) is 23.6 Å². The molecule has 1 atom stereocenters. The minimum atomic E-state index is -0.134. The van der Waals surface area contributed by atoms with E-state index >= 15 is 0 Å². The lowest BCUT2D eigenvalue weighted by atomic mass is 10.1. The number of imidazole rings is 1. The molecule has 0 bridgehead atoms. The third-order valence-electron chi connectivity index (χ3n) is 4.44. The summed E-state index contributed by atoms with van der Waals surface area (Å²) >= 11 is 1.67. The molecule has 4 aromatic rings. The van der Waals surface area contributed by atoms with Gasteiger partial charge in [-0.1, -0.05) is 36.4 Å². The number of aromatic nitrogens is 2. The Morgan fingerprint density at radius 3 is 2.67 bits per heavy atom. The molecule has 27 heavy (non-hydrogen) atoms. The van der Waals surface area contributed by atoms with Gasteiger partial charge in [-0.25, -0.2) is 4.98 Å². The van der Waals surface area contributed by atoms with Crippen LogP contribution in [0.5, 0.6) is 0 Å². The molecular weight excluding hydrogens is 360 g/mol. The normalized spacial score (nSPS) is 12.4. The number of methoxy groups -OCH3 is 1. The van der Waals surface area contributed by atoms with Gasteiger partial charge in [0.15, 0.2) is 5.76 Å². The van der Waals surface area contributed by atoms with Gasteiger partial charge >= 0.3 is 0 Å². The van der Waals surface area contributed by atoms with Gasteiger partial charge in [-0.3, -0.25) is 0 Å². The van der Waals surface area contributed by atoms with E-state index in [4.69, 9.17) is 9.15 Å². The largest absolute Gasteiger partial charge is 0.457 e. The minimum Gasteiger partial charge on any atom is -0.457 e. The van der Waals surface area contributed by atoms with Crippen LogP contribution in [0, 0.1) is 0 Å². The molecule has 0 spiro atoms. The highest BCUT2D eigenvalue weighted by Gasteiger charge is 2.21. The zero-order chi connectivity index (χ0) is 18.6. The number of furan rings is 1. The molecular formula is C21H20N2O3S. The molecule has 0 aliphatic rings. The Morgan fingerprint density at radius 1 is 1.15 bits per heavy atom. The van der Waals surface area contributed by atoms with Crippen molar-refractivity contribution in [2.75, 3.05) is 7.11 Å². The quantitative estimate of drug-likeness (QED) is 0.502. The molecule has 1 aromatic carbocycles. The highest BCUT2D eigenvalue weighted by atomic mass is 32.1. The van der Waals surface area contributed by atoms with Crippen LogP contribution in [0.1, 0.15) is 16.7 Å². The van der Waals surface area contributed by atoms with E-state index in [1.165, 1.54) is 0 Å². The topological polar surface area (TPSA) is 60.4 Å². The van der Waals surface area contributed by atoms with Crippen LogP contribution in [0.2, 0.25) is 0 Å². The van der Waals surface area contributed by atoms with Crippen LogP contribution in [-0.2, 0) is 17.9 Å². The number of hydrogen-bond donors (Lipinski definition) is 1. The molecule has 6 heteroatoms. The molecule has 1 unspecified atom stereocenters. The Balaban J connectivity index is 1.78. The number of thiophene rings is 1. The second-order valence-electron chi connectivity index (χ2n) is 6.12. The zero-order valence-electron chi connectivity index (χ0n) is 14.9. The summed E-state index contributed by atoms with van der Waals surface area (Å²) in [4.78, 5) is 5.82. The summed E-state index contributed by atoms with van der Waals surface area (Å²) in [7, 11) is 1.72. The first kappa shape index (κ1) is 17.7. The van der Waals surface area contributed by atoms with Crippen LogP contribution in [-0.4, -0.2) is 21.8 Å². The number of rotatable bonds is 7. The minimum absolute atomic E-state index is 0.0751. The fourth-order valence-corrected chi connectivity index (χ4v) is 3.90. The molecule has 1 N–H and O–H groups in total. The predicted molar refractivity (Wildman–Crippen MR) is 105 cm³/mol. The molecule has 138 valence electrons. The van der Waals surface area contributed by atoms with Crippen molar-refractivity contribution in [1.82, 2.24) is 9.55 Å². The smallest absolute Gasteiger partial charge is 0.153 e. The zero-order valence-corrected chi connectivity index (χ0v) is 15.7. The Morgan fingerprint density at radius 2 is 2.00 bits per heavy atom. The van der Waals surface area contributed by atoms with Gasteiger partial charge in [0.25, 0.3) is 0 Å². The Bertz CT molecular complexity index is 990. The summed E-state index contributed by atoms with van der Waals surface area (Å²) in [5.74, 6) is 1.20. The summed E-state index contributed by atoms with van der Waals surface area (Å²) < 4.78 is 13.6. The van der Waals surface area contributed by atoms with Crippen molar-refractivity contribution in [2.45, 2.75) is 19.3 Å². The lowest BCUT2D eigenvalue weighted by Gasteiger charge is -2.16. The second kappa shape index (κ2) is 7.92. The van der Waals surface area contributed by atoms with Crippen molar-refractivity contribution in [3.63, 3.8) is 0 Å². The fourth-order valence-electron chi connectivity index (χ4n) is 3.11. The monoisotopic (exact) mass is 380 g/mol. The first-order valence-corrected chi connectivity index (χ1v) is 9.54. The number of hydrogen-bond acceptors (Lipinski definition) is 5. The third kappa shape index (κ3) is 3.60. The van der Waals surface area contributed by atoms with Crippen molar-refractivity contribution < 1.29 is 14.3 Å². The molecule has 3 heterocycles. The van der Waals surface area contributed by atoms with Gasteiger partial charge in [-0.2, -0.15) is 0 Å². The maximum Gasteiger partial charge on any atom is 0.153 e. The van der Waals surface area contributed by atoms with E-state index in [9.17, 15) is 5.11 Å². The summed E-state index contributed by atoms with van der Waals surface area (Å²) in [6.45, 7) is 0.478. The van der Waals surface area contributed by atoms with E-state index in [0.717, 1.165) is 21.8 Å². The molecule has 4 rings (SSSR count). The number of benzene rings is 1. The molecule has 0 amide bonds. The highest BCUT2D eigenvalue weighted by molar-refractivity contribution is 7.10. The number of aliphatic hydroxyl groups excluding tert-OH is 1. The first-order valence-electron chi connectivity index (χ1n) is 8.67. The molecule has 0 saturated heterocycles. The predicted octanol–water partition coefficient (Wildman–Crippen LogP) is 4.75. The average Bonchev–Trinajstić information content (AvgIpc) is 3.46. The summed E-state index contributed by atoms with van der Waals surface area (Å²) in [6.07, 6.45) is 1.74. The molecule has 0 saturated carbocycles. The molecule has 5 nitrogen and oxygen atoms in total. The first-order chi connectivity index (χ1) is 13.3. The van der Waals surface area contributed by atoms with Crippen LogP contribution >= 0.6 is 11.3 Å². The summed E-state index contributed by atoms with van der Waals surface area (Å²) in [6, 6.07) is 17.8. The maximum atomic E-state index is 9.38. The average molecular weight is 380 g/mol. The van der Waals surface area contributed by atoms with Crippen molar-refractivity contribution in [2.24, 2.45) is 0 Å². The van der Waals surface area contributed by atoms with E-state index in [2.05, 4.69) is 15.6 Å². The summed E-state index contributed by atoms with van der Waals surface area (Å²) in [5, 5.41) is 11.4. The van der Waals surface area contributed by atoms with E-state index in [0.29, 0.717) is 18.1 Å². The number of aliphatic hydroxyl groups is 1.